The normalized spacial score (nSPS) is 9.70. The van der Waals surface area contributed by atoms with Crippen molar-refractivity contribution >= 4 is 11.8 Å². The molecule has 1 aromatic heterocycles. The van der Waals surface area contributed by atoms with Crippen molar-refractivity contribution in [3.8, 4) is 0 Å². The first kappa shape index (κ1) is 6.60. The zero-order chi connectivity index (χ0) is 7.72. The molecule has 0 aliphatic carbocycles. The van der Waals surface area contributed by atoms with Gasteiger partial charge in [0.25, 0.3) is 5.56 Å². The molecule has 0 bridgehead atoms. The van der Waals surface area contributed by atoms with Crippen LogP contribution in [0.1, 0.15) is 5.56 Å². The number of nitrogens with zero attached hydrogens (tertiary/aromatic N) is 1. The Kier molecular flexibility index (Phi) is 1.33. The molecule has 5 N–H and O–H groups in total. The van der Waals surface area contributed by atoms with Crippen LogP contribution in [0.25, 0.3) is 0 Å². The monoisotopic (exact) mass is 140 g/mol. The Labute approximate surface area is 57.1 Å². The third-order valence-corrected chi connectivity index (χ3v) is 1.21. The summed E-state index contributed by atoms with van der Waals surface area (Å²) >= 11 is 0. The van der Waals surface area contributed by atoms with Gasteiger partial charge >= 0.3 is 0 Å². The lowest BCUT2D eigenvalue weighted by atomic mass is 10.3. The smallest absolute Gasteiger partial charge is 0.257 e. The van der Waals surface area contributed by atoms with Crippen molar-refractivity contribution in [3.63, 3.8) is 0 Å². The summed E-state index contributed by atoms with van der Waals surface area (Å²) in [6.45, 7) is 1.58. The molecule has 0 unspecified atom stereocenters. The number of nitrogens with one attached hydrogen (secondary N) is 1. The standard InChI is InChI=1S/C5H8N4O/c1-2-3(6)8-5(7)9-4(2)10/h1H3,(H5,6,7,8,9,10). The van der Waals surface area contributed by atoms with E-state index in [0.717, 1.165) is 0 Å². The van der Waals surface area contributed by atoms with Crippen molar-refractivity contribution in [3.05, 3.63) is 15.9 Å². The van der Waals surface area contributed by atoms with Gasteiger partial charge in [-0.05, 0) is 6.92 Å². The van der Waals surface area contributed by atoms with E-state index in [9.17, 15) is 4.79 Å². The Morgan fingerprint density at radius 3 is 2.60 bits per heavy atom. The Hall–Kier alpha value is -1.52. The molecule has 0 radical (unpaired) electrons. The van der Waals surface area contributed by atoms with E-state index in [1.165, 1.54) is 0 Å². The van der Waals surface area contributed by atoms with Gasteiger partial charge < -0.3 is 11.5 Å². The van der Waals surface area contributed by atoms with E-state index in [4.69, 9.17) is 11.5 Å². The molecular formula is C5H8N4O. The molecule has 0 amide bonds. The second-order valence-electron chi connectivity index (χ2n) is 1.96. The highest BCUT2D eigenvalue weighted by Crippen LogP contribution is 1.99. The number of aromatic nitrogens is 2. The number of aromatic amines is 1. The van der Waals surface area contributed by atoms with Crippen LogP contribution in [0.3, 0.4) is 0 Å². The number of nitrogen functional groups attached to an aromatic ring is 2. The van der Waals surface area contributed by atoms with E-state index in [1.54, 1.807) is 6.92 Å². The van der Waals surface area contributed by atoms with Gasteiger partial charge in [-0.1, -0.05) is 0 Å². The number of H-pyrrole nitrogens is 1. The maximum absolute atomic E-state index is 10.8. The van der Waals surface area contributed by atoms with E-state index in [-0.39, 0.29) is 17.3 Å². The molecule has 1 heterocycles. The van der Waals surface area contributed by atoms with Crippen LogP contribution in [0.5, 0.6) is 0 Å². The molecule has 1 rings (SSSR count). The molecule has 54 valence electrons. The average molecular weight is 140 g/mol. The van der Waals surface area contributed by atoms with Gasteiger partial charge in [-0.2, -0.15) is 4.98 Å². The third kappa shape index (κ3) is 0.928. The molecular weight excluding hydrogens is 132 g/mol. The van der Waals surface area contributed by atoms with E-state index in [1.807, 2.05) is 0 Å². The quantitative estimate of drug-likeness (QED) is 0.441. The van der Waals surface area contributed by atoms with Crippen molar-refractivity contribution in [2.45, 2.75) is 6.92 Å². The lowest BCUT2D eigenvalue weighted by Gasteiger charge is -1.96. The van der Waals surface area contributed by atoms with Gasteiger partial charge in [0.15, 0.2) is 0 Å². The van der Waals surface area contributed by atoms with Gasteiger partial charge in [0.05, 0.1) is 5.56 Å². The molecule has 0 fully saturated rings. The Bertz CT molecular complexity index is 303. The summed E-state index contributed by atoms with van der Waals surface area (Å²) in [7, 11) is 0. The van der Waals surface area contributed by atoms with Gasteiger partial charge in [-0.3, -0.25) is 9.78 Å². The van der Waals surface area contributed by atoms with Crippen LogP contribution < -0.4 is 17.0 Å². The topological polar surface area (TPSA) is 97.8 Å². The van der Waals surface area contributed by atoms with Gasteiger partial charge in [0, 0.05) is 0 Å². The van der Waals surface area contributed by atoms with Crippen molar-refractivity contribution in [1.82, 2.24) is 9.97 Å². The summed E-state index contributed by atoms with van der Waals surface area (Å²) in [6, 6.07) is 0. The summed E-state index contributed by atoms with van der Waals surface area (Å²) in [5.74, 6) is 0.231. The van der Waals surface area contributed by atoms with Crippen LogP contribution in [-0.4, -0.2) is 9.97 Å². The minimum Gasteiger partial charge on any atom is -0.383 e. The summed E-state index contributed by atoms with van der Waals surface area (Å²) in [5.41, 5.74) is 10.6. The van der Waals surface area contributed by atoms with Gasteiger partial charge in [-0.15, -0.1) is 0 Å². The molecule has 0 aliphatic rings. The molecule has 0 atom stereocenters. The molecule has 1 aromatic rings. The maximum atomic E-state index is 10.8. The van der Waals surface area contributed by atoms with E-state index in [2.05, 4.69) is 9.97 Å². The number of rotatable bonds is 0. The van der Waals surface area contributed by atoms with Gasteiger partial charge in [0.1, 0.15) is 5.82 Å². The molecule has 5 heteroatoms. The van der Waals surface area contributed by atoms with Crippen molar-refractivity contribution < 1.29 is 0 Å². The SMILES string of the molecule is Cc1c(N)nc(N)[nH]c1=O. The molecule has 0 aliphatic heterocycles. The summed E-state index contributed by atoms with van der Waals surface area (Å²) in [4.78, 5) is 16.7. The van der Waals surface area contributed by atoms with E-state index >= 15 is 0 Å². The predicted molar refractivity (Wildman–Crippen MR) is 38.4 cm³/mol. The summed E-state index contributed by atoms with van der Waals surface area (Å²) in [6.07, 6.45) is 0. The highest BCUT2D eigenvalue weighted by Gasteiger charge is 1.99. The molecule has 5 nitrogen and oxygen atoms in total. The number of anilines is 2. The first-order valence-electron chi connectivity index (χ1n) is 2.73. The van der Waals surface area contributed by atoms with E-state index < -0.39 is 0 Å². The number of hydrogen-bond acceptors (Lipinski definition) is 4. The van der Waals surface area contributed by atoms with Gasteiger partial charge in [-0.25, -0.2) is 0 Å². The fourth-order valence-electron chi connectivity index (χ4n) is 0.568. The lowest BCUT2D eigenvalue weighted by Crippen LogP contribution is -2.16. The fraction of sp³-hybridized carbons (Fsp3) is 0.200. The first-order chi connectivity index (χ1) is 4.61. The zero-order valence-electron chi connectivity index (χ0n) is 5.51. The van der Waals surface area contributed by atoms with Crippen molar-refractivity contribution in [1.29, 1.82) is 0 Å². The lowest BCUT2D eigenvalue weighted by molar-refractivity contribution is 1.10. The highest BCUT2D eigenvalue weighted by atomic mass is 16.1. The maximum Gasteiger partial charge on any atom is 0.257 e. The minimum atomic E-state index is -0.287. The molecule has 0 saturated carbocycles. The van der Waals surface area contributed by atoms with Gasteiger partial charge in [0.2, 0.25) is 5.95 Å². The average Bonchev–Trinajstić information content (AvgIpc) is 1.82. The molecule has 0 aromatic carbocycles. The number of nitrogens with two attached hydrogens (primary N) is 2. The largest absolute Gasteiger partial charge is 0.383 e. The van der Waals surface area contributed by atoms with Crippen LogP contribution in [-0.2, 0) is 0 Å². The third-order valence-electron chi connectivity index (χ3n) is 1.21. The van der Waals surface area contributed by atoms with E-state index in [0.29, 0.717) is 5.56 Å². The second-order valence-corrected chi connectivity index (χ2v) is 1.96. The van der Waals surface area contributed by atoms with Crippen LogP contribution in [0.2, 0.25) is 0 Å². The van der Waals surface area contributed by atoms with Crippen molar-refractivity contribution in [2.24, 2.45) is 0 Å². The summed E-state index contributed by atoms with van der Waals surface area (Å²) in [5, 5.41) is 0. The van der Waals surface area contributed by atoms with Crippen LogP contribution >= 0.6 is 0 Å². The van der Waals surface area contributed by atoms with Crippen LogP contribution in [0.15, 0.2) is 4.79 Å². The molecule has 0 saturated heterocycles. The zero-order valence-corrected chi connectivity index (χ0v) is 5.51. The van der Waals surface area contributed by atoms with Crippen molar-refractivity contribution in [2.75, 3.05) is 11.5 Å². The molecule has 10 heavy (non-hydrogen) atoms. The Balaban J connectivity index is 3.46. The highest BCUT2D eigenvalue weighted by molar-refractivity contribution is 5.39. The predicted octanol–water partition coefficient (Wildman–Crippen LogP) is -0.757. The summed E-state index contributed by atoms with van der Waals surface area (Å²) < 4.78 is 0. The van der Waals surface area contributed by atoms with Crippen LogP contribution in [0, 0.1) is 6.92 Å². The fourth-order valence-corrected chi connectivity index (χ4v) is 0.568. The first-order valence-corrected chi connectivity index (χ1v) is 2.73. The Morgan fingerprint density at radius 1 is 1.50 bits per heavy atom. The number of hydrogen-bond donors (Lipinski definition) is 3. The minimum absolute atomic E-state index is 0.0492. The Morgan fingerprint density at radius 2 is 2.10 bits per heavy atom. The van der Waals surface area contributed by atoms with Crippen LogP contribution in [0.4, 0.5) is 11.8 Å². The second kappa shape index (κ2) is 2.02. The molecule has 0 spiro atoms.